The maximum atomic E-state index is 12.3. The summed E-state index contributed by atoms with van der Waals surface area (Å²) in [6.07, 6.45) is 7.86. The molecule has 0 aliphatic heterocycles. The fourth-order valence-corrected chi connectivity index (χ4v) is 2.59. The standard InChI is InChI=1S/C21H20N4O3/c1-3-5-6-11-19(26)24-20-16(21(27)28-4-2)14-22-25(20)18-13-12-15-9-7-8-10-17(15)23-18/h3,5-14H,4H2,1-2H3,(H,24,26)/b5-3+,11-6+. The number of nitrogens with one attached hydrogen (secondary N) is 1. The van der Waals surface area contributed by atoms with E-state index in [1.807, 2.05) is 37.3 Å². The van der Waals surface area contributed by atoms with Crippen LogP contribution in [-0.2, 0) is 9.53 Å². The first-order valence-corrected chi connectivity index (χ1v) is 8.85. The zero-order valence-electron chi connectivity index (χ0n) is 15.6. The zero-order chi connectivity index (χ0) is 19.9. The number of esters is 1. The van der Waals surface area contributed by atoms with Gasteiger partial charge in [0, 0.05) is 11.5 Å². The largest absolute Gasteiger partial charge is 0.462 e. The molecule has 28 heavy (non-hydrogen) atoms. The van der Waals surface area contributed by atoms with Crippen LogP contribution in [0, 0.1) is 0 Å². The van der Waals surface area contributed by atoms with Crippen LogP contribution in [0.25, 0.3) is 16.7 Å². The Balaban J connectivity index is 2.04. The van der Waals surface area contributed by atoms with E-state index >= 15 is 0 Å². The first-order valence-electron chi connectivity index (χ1n) is 8.85. The van der Waals surface area contributed by atoms with Crippen molar-refractivity contribution in [1.82, 2.24) is 14.8 Å². The van der Waals surface area contributed by atoms with E-state index in [0.29, 0.717) is 5.82 Å². The van der Waals surface area contributed by atoms with Crippen molar-refractivity contribution in [3.8, 4) is 5.82 Å². The normalized spacial score (nSPS) is 11.4. The van der Waals surface area contributed by atoms with E-state index in [4.69, 9.17) is 4.74 Å². The third kappa shape index (κ3) is 4.15. The Morgan fingerprint density at radius 2 is 2.00 bits per heavy atom. The molecule has 0 saturated carbocycles. The highest BCUT2D eigenvalue weighted by atomic mass is 16.5. The molecule has 7 nitrogen and oxygen atoms in total. The van der Waals surface area contributed by atoms with Crippen molar-refractivity contribution in [3.05, 3.63) is 72.5 Å². The van der Waals surface area contributed by atoms with E-state index in [1.165, 1.54) is 17.0 Å². The Bertz CT molecular complexity index is 1070. The number of allylic oxidation sites excluding steroid dienone is 3. The van der Waals surface area contributed by atoms with E-state index in [0.717, 1.165) is 10.9 Å². The zero-order valence-corrected chi connectivity index (χ0v) is 15.6. The Morgan fingerprint density at radius 3 is 2.79 bits per heavy atom. The van der Waals surface area contributed by atoms with Crippen LogP contribution >= 0.6 is 0 Å². The van der Waals surface area contributed by atoms with Crippen LogP contribution in [0.3, 0.4) is 0 Å². The number of hydrogen-bond acceptors (Lipinski definition) is 5. The van der Waals surface area contributed by atoms with Gasteiger partial charge in [-0.1, -0.05) is 36.4 Å². The topological polar surface area (TPSA) is 86.1 Å². The Morgan fingerprint density at radius 1 is 1.18 bits per heavy atom. The second kappa shape index (κ2) is 8.77. The minimum absolute atomic E-state index is 0.157. The van der Waals surface area contributed by atoms with Gasteiger partial charge in [-0.05, 0) is 32.0 Å². The SMILES string of the molecule is C/C=C/C=C/C(=O)Nc1c(C(=O)OCC)cnn1-c1ccc2ccccc2n1. The molecule has 0 unspecified atom stereocenters. The van der Waals surface area contributed by atoms with E-state index < -0.39 is 11.9 Å². The first-order chi connectivity index (χ1) is 13.6. The number of anilines is 1. The van der Waals surface area contributed by atoms with Crippen molar-refractivity contribution in [1.29, 1.82) is 0 Å². The number of nitrogens with zero attached hydrogens (tertiary/aromatic N) is 3. The molecule has 1 aromatic carbocycles. The molecule has 1 amide bonds. The molecule has 0 radical (unpaired) electrons. The lowest BCUT2D eigenvalue weighted by molar-refractivity contribution is -0.111. The predicted octanol–water partition coefficient (Wildman–Crippen LogP) is 3.67. The number of carbonyl (C=O) groups excluding carboxylic acids is 2. The minimum atomic E-state index is -0.567. The number of ether oxygens (including phenoxy) is 1. The van der Waals surface area contributed by atoms with Crippen molar-refractivity contribution in [3.63, 3.8) is 0 Å². The van der Waals surface area contributed by atoms with Gasteiger partial charge in [0.15, 0.2) is 11.6 Å². The summed E-state index contributed by atoms with van der Waals surface area (Å²) in [5.41, 5.74) is 0.933. The number of fused-ring (bicyclic) bond motifs is 1. The van der Waals surface area contributed by atoms with Crippen LogP contribution < -0.4 is 5.32 Å². The second-order valence-corrected chi connectivity index (χ2v) is 5.78. The number of carbonyl (C=O) groups is 2. The summed E-state index contributed by atoms with van der Waals surface area (Å²) in [6, 6.07) is 11.3. The number of amides is 1. The van der Waals surface area contributed by atoms with E-state index in [2.05, 4.69) is 15.4 Å². The highest BCUT2D eigenvalue weighted by Crippen LogP contribution is 2.22. The van der Waals surface area contributed by atoms with Crippen molar-refractivity contribution >= 4 is 28.6 Å². The maximum Gasteiger partial charge on any atom is 0.343 e. The lowest BCUT2D eigenvalue weighted by Crippen LogP contribution is -2.16. The van der Waals surface area contributed by atoms with Gasteiger partial charge in [-0.25, -0.2) is 9.78 Å². The van der Waals surface area contributed by atoms with Crippen molar-refractivity contribution in [2.45, 2.75) is 13.8 Å². The molecule has 2 heterocycles. The molecule has 0 saturated heterocycles. The molecule has 0 atom stereocenters. The molecule has 3 rings (SSSR count). The summed E-state index contributed by atoms with van der Waals surface area (Å²) in [6.45, 7) is 3.78. The Labute approximate surface area is 162 Å². The van der Waals surface area contributed by atoms with E-state index in [-0.39, 0.29) is 18.0 Å². The van der Waals surface area contributed by atoms with Gasteiger partial charge in [0.2, 0.25) is 5.91 Å². The van der Waals surface area contributed by atoms with E-state index in [9.17, 15) is 9.59 Å². The molecule has 1 N–H and O–H groups in total. The number of aromatic nitrogens is 3. The molecule has 0 spiro atoms. The lowest BCUT2D eigenvalue weighted by Gasteiger charge is -2.10. The third-order valence-electron chi connectivity index (χ3n) is 3.86. The van der Waals surface area contributed by atoms with Gasteiger partial charge in [-0.15, -0.1) is 0 Å². The van der Waals surface area contributed by atoms with Crippen LogP contribution in [0.4, 0.5) is 5.82 Å². The van der Waals surface area contributed by atoms with Gasteiger partial charge >= 0.3 is 5.97 Å². The number of benzene rings is 1. The molecule has 0 aliphatic rings. The molecular weight excluding hydrogens is 356 g/mol. The number of pyridine rings is 1. The van der Waals surface area contributed by atoms with Gasteiger partial charge < -0.3 is 10.1 Å². The maximum absolute atomic E-state index is 12.3. The van der Waals surface area contributed by atoms with Crippen LogP contribution in [0.15, 0.2) is 66.9 Å². The Hall–Kier alpha value is -3.74. The van der Waals surface area contributed by atoms with Gasteiger partial charge in [-0.3, -0.25) is 4.79 Å². The molecule has 0 fully saturated rings. The van der Waals surface area contributed by atoms with Gasteiger partial charge in [0.1, 0.15) is 5.56 Å². The highest BCUT2D eigenvalue weighted by molar-refractivity contribution is 6.04. The quantitative estimate of drug-likeness (QED) is 0.403. The van der Waals surface area contributed by atoms with Gasteiger partial charge in [-0.2, -0.15) is 9.78 Å². The fourth-order valence-electron chi connectivity index (χ4n) is 2.59. The van der Waals surface area contributed by atoms with Crippen LogP contribution in [0.5, 0.6) is 0 Å². The monoisotopic (exact) mass is 376 g/mol. The second-order valence-electron chi connectivity index (χ2n) is 5.78. The molecule has 3 aromatic rings. The van der Waals surface area contributed by atoms with Crippen LogP contribution in [0.2, 0.25) is 0 Å². The Kier molecular flexibility index (Phi) is 5.96. The summed E-state index contributed by atoms with van der Waals surface area (Å²) in [7, 11) is 0. The highest BCUT2D eigenvalue weighted by Gasteiger charge is 2.21. The van der Waals surface area contributed by atoms with Crippen LogP contribution in [-0.4, -0.2) is 33.2 Å². The first kappa shape index (κ1) is 19.0. The average Bonchev–Trinajstić information content (AvgIpc) is 3.11. The fraction of sp³-hybridized carbons (Fsp3) is 0.143. The minimum Gasteiger partial charge on any atom is -0.462 e. The molecular formula is C21H20N4O3. The third-order valence-corrected chi connectivity index (χ3v) is 3.86. The summed E-state index contributed by atoms with van der Waals surface area (Å²) >= 11 is 0. The van der Waals surface area contributed by atoms with E-state index in [1.54, 1.807) is 31.2 Å². The molecule has 2 aromatic heterocycles. The summed E-state index contributed by atoms with van der Waals surface area (Å²) in [4.78, 5) is 29.1. The smallest absolute Gasteiger partial charge is 0.343 e. The van der Waals surface area contributed by atoms with Crippen molar-refractivity contribution in [2.24, 2.45) is 0 Å². The predicted molar refractivity (Wildman–Crippen MR) is 107 cm³/mol. The summed E-state index contributed by atoms with van der Waals surface area (Å²) in [5.74, 6) is -0.285. The summed E-state index contributed by atoms with van der Waals surface area (Å²) in [5, 5.41) is 7.93. The molecule has 142 valence electrons. The molecule has 0 bridgehead atoms. The number of para-hydroxylation sites is 1. The lowest BCUT2D eigenvalue weighted by atomic mass is 10.2. The average molecular weight is 376 g/mol. The molecule has 0 aliphatic carbocycles. The number of rotatable bonds is 6. The number of hydrogen-bond donors (Lipinski definition) is 1. The molecule has 7 heteroatoms. The van der Waals surface area contributed by atoms with Crippen LogP contribution in [0.1, 0.15) is 24.2 Å². The van der Waals surface area contributed by atoms with Gasteiger partial charge in [0.25, 0.3) is 0 Å². The van der Waals surface area contributed by atoms with Crippen molar-refractivity contribution in [2.75, 3.05) is 11.9 Å². The van der Waals surface area contributed by atoms with Gasteiger partial charge in [0.05, 0.1) is 18.3 Å². The van der Waals surface area contributed by atoms with Crippen molar-refractivity contribution < 1.29 is 14.3 Å². The summed E-state index contributed by atoms with van der Waals surface area (Å²) < 4.78 is 6.49.